The Morgan fingerprint density at radius 3 is 2.11 bits per heavy atom. The lowest BCUT2D eigenvalue weighted by molar-refractivity contribution is 0.0140. The third kappa shape index (κ3) is 8.93. The molecule has 1 heterocycles. The van der Waals surface area contributed by atoms with Crippen molar-refractivity contribution in [1.82, 2.24) is 4.90 Å². The van der Waals surface area contributed by atoms with E-state index in [1.54, 1.807) is 0 Å². The number of rotatable bonds is 11. The first-order valence-electron chi connectivity index (χ1n) is 8.31. The maximum absolute atomic E-state index is 5.69. The second-order valence-electron chi connectivity index (χ2n) is 5.69. The van der Waals surface area contributed by atoms with Crippen LogP contribution in [0.5, 0.6) is 0 Å². The van der Waals surface area contributed by atoms with Gasteiger partial charge in [0.25, 0.3) is 0 Å². The summed E-state index contributed by atoms with van der Waals surface area (Å²) in [5.41, 5.74) is 0. The molecule has 114 valence electrons. The molecule has 0 bridgehead atoms. The molecule has 1 aliphatic rings. The van der Waals surface area contributed by atoms with Crippen molar-refractivity contribution in [1.29, 1.82) is 0 Å². The fourth-order valence-corrected chi connectivity index (χ4v) is 3.09. The molecule has 0 aromatic rings. The zero-order valence-electron chi connectivity index (χ0n) is 12.8. The normalized spacial score (nSPS) is 18.0. The Labute approximate surface area is 125 Å². The largest absolute Gasteiger partial charge is 0.378 e. The van der Waals surface area contributed by atoms with E-state index in [4.69, 9.17) is 4.74 Å². The maximum Gasteiger partial charge on any atom is 0.0599 e. The summed E-state index contributed by atoms with van der Waals surface area (Å²) in [7, 11) is 0. The highest BCUT2D eigenvalue weighted by molar-refractivity contribution is 7.80. The molecule has 1 fully saturated rings. The van der Waals surface area contributed by atoms with Crippen LogP contribution in [0.3, 0.4) is 0 Å². The first-order valence-corrected chi connectivity index (χ1v) is 8.95. The Hall–Kier alpha value is 0.270. The smallest absolute Gasteiger partial charge is 0.0599 e. The van der Waals surface area contributed by atoms with Crippen LogP contribution in [0.2, 0.25) is 0 Å². The van der Waals surface area contributed by atoms with Crippen molar-refractivity contribution >= 4 is 12.6 Å². The Balaban J connectivity index is 1.85. The average Bonchev–Trinajstić information content (AvgIpc) is 2.44. The second kappa shape index (κ2) is 12.0. The molecule has 0 atom stereocenters. The van der Waals surface area contributed by atoms with E-state index < -0.39 is 0 Å². The lowest BCUT2D eigenvalue weighted by Crippen LogP contribution is -2.37. The lowest BCUT2D eigenvalue weighted by atomic mass is 10.1. The highest BCUT2D eigenvalue weighted by Gasteiger charge is 2.18. The maximum atomic E-state index is 5.69. The van der Waals surface area contributed by atoms with Gasteiger partial charge in [0, 0.05) is 19.7 Å². The second-order valence-corrected chi connectivity index (χ2v) is 6.14. The van der Waals surface area contributed by atoms with Gasteiger partial charge in [-0.05, 0) is 44.9 Å². The number of likely N-dealkylation sites (tertiary alicyclic amines) is 1. The number of thiol groups is 1. The van der Waals surface area contributed by atoms with E-state index in [0.717, 1.165) is 12.4 Å². The summed E-state index contributed by atoms with van der Waals surface area (Å²) in [4.78, 5) is 2.62. The van der Waals surface area contributed by atoms with Crippen LogP contribution in [0.15, 0.2) is 0 Å². The molecule has 1 rings (SSSR count). The molecule has 0 unspecified atom stereocenters. The van der Waals surface area contributed by atoms with Crippen LogP contribution in [0, 0.1) is 0 Å². The zero-order chi connectivity index (χ0) is 13.8. The van der Waals surface area contributed by atoms with E-state index in [9.17, 15) is 0 Å². The molecular formula is C16H33NOS. The quantitative estimate of drug-likeness (QED) is 0.453. The van der Waals surface area contributed by atoms with E-state index in [1.807, 2.05) is 0 Å². The Morgan fingerprint density at radius 2 is 1.53 bits per heavy atom. The molecule has 1 aliphatic heterocycles. The fraction of sp³-hybridized carbons (Fsp3) is 1.00. The highest BCUT2D eigenvalue weighted by atomic mass is 32.1. The molecule has 19 heavy (non-hydrogen) atoms. The summed E-state index contributed by atoms with van der Waals surface area (Å²) in [6.45, 7) is 6.76. The fourth-order valence-electron chi connectivity index (χ4n) is 2.87. The van der Waals surface area contributed by atoms with Crippen molar-refractivity contribution in [3.05, 3.63) is 0 Å². The van der Waals surface area contributed by atoms with Gasteiger partial charge in [-0.1, -0.05) is 32.1 Å². The van der Waals surface area contributed by atoms with E-state index in [1.165, 1.54) is 77.4 Å². The molecule has 1 saturated heterocycles. The van der Waals surface area contributed by atoms with E-state index in [2.05, 4.69) is 24.5 Å². The first kappa shape index (κ1) is 17.3. The predicted octanol–water partition coefficient (Wildman–Crippen LogP) is 4.15. The molecule has 0 aliphatic carbocycles. The van der Waals surface area contributed by atoms with Gasteiger partial charge in [-0.2, -0.15) is 12.6 Å². The number of hydrogen-bond donors (Lipinski definition) is 1. The lowest BCUT2D eigenvalue weighted by Gasteiger charge is -2.31. The van der Waals surface area contributed by atoms with Crippen molar-refractivity contribution in [3.8, 4) is 0 Å². The molecule has 0 radical (unpaired) electrons. The van der Waals surface area contributed by atoms with Crippen molar-refractivity contribution in [2.45, 2.75) is 70.8 Å². The molecule has 0 spiro atoms. The minimum atomic E-state index is 0.535. The molecule has 0 amide bonds. The van der Waals surface area contributed by atoms with Gasteiger partial charge in [0.1, 0.15) is 0 Å². The van der Waals surface area contributed by atoms with Crippen LogP contribution in [0.1, 0.15) is 64.7 Å². The third-order valence-corrected chi connectivity index (χ3v) is 4.39. The van der Waals surface area contributed by atoms with Gasteiger partial charge >= 0.3 is 0 Å². The summed E-state index contributed by atoms with van der Waals surface area (Å²) in [5, 5.41) is 0. The highest BCUT2D eigenvalue weighted by Crippen LogP contribution is 2.15. The monoisotopic (exact) mass is 287 g/mol. The van der Waals surface area contributed by atoms with Crippen molar-refractivity contribution < 1.29 is 4.74 Å². The molecule has 0 saturated carbocycles. The van der Waals surface area contributed by atoms with Crippen molar-refractivity contribution in [3.63, 3.8) is 0 Å². The van der Waals surface area contributed by atoms with Crippen LogP contribution in [0.25, 0.3) is 0 Å². The summed E-state index contributed by atoms with van der Waals surface area (Å²) >= 11 is 4.24. The topological polar surface area (TPSA) is 12.5 Å². The standard InChI is InChI=1S/C16H33NOS/c1-2-18-16-10-13-17(14-11-16)12-8-6-4-3-5-7-9-15-19/h16,19H,2-15H2,1H3. The van der Waals surface area contributed by atoms with Gasteiger partial charge in [0.15, 0.2) is 0 Å². The summed E-state index contributed by atoms with van der Waals surface area (Å²) < 4.78 is 5.69. The average molecular weight is 288 g/mol. The van der Waals surface area contributed by atoms with Crippen LogP contribution in [-0.4, -0.2) is 43.0 Å². The number of unbranched alkanes of at least 4 members (excludes halogenated alkanes) is 6. The Morgan fingerprint density at radius 1 is 0.947 bits per heavy atom. The zero-order valence-corrected chi connectivity index (χ0v) is 13.7. The molecule has 3 heteroatoms. The van der Waals surface area contributed by atoms with Crippen molar-refractivity contribution in [2.24, 2.45) is 0 Å². The molecule has 0 aromatic heterocycles. The molecular weight excluding hydrogens is 254 g/mol. The van der Waals surface area contributed by atoms with Crippen LogP contribution in [0.4, 0.5) is 0 Å². The first-order chi connectivity index (χ1) is 9.36. The summed E-state index contributed by atoms with van der Waals surface area (Å²) in [6.07, 6.45) is 12.7. The van der Waals surface area contributed by atoms with Gasteiger partial charge in [-0.3, -0.25) is 0 Å². The van der Waals surface area contributed by atoms with Gasteiger partial charge in [0.05, 0.1) is 6.10 Å². The van der Waals surface area contributed by atoms with E-state index in [-0.39, 0.29) is 0 Å². The van der Waals surface area contributed by atoms with Gasteiger partial charge in [-0.25, -0.2) is 0 Å². The minimum Gasteiger partial charge on any atom is -0.378 e. The Bertz CT molecular complexity index is 193. The summed E-state index contributed by atoms with van der Waals surface area (Å²) in [5.74, 6) is 1.05. The molecule has 0 aromatic carbocycles. The van der Waals surface area contributed by atoms with Crippen LogP contribution in [-0.2, 0) is 4.74 Å². The Kier molecular flexibility index (Phi) is 11.0. The predicted molar refractivity (Wildman–Crippen MR) is 87.3 cm³/mol. The number of ether oxygens (including phenoxy) is 1. The van der Waals surface area contributed by atoms with Gasteiger partial charge < -0.3 is 9.64 Å². The molecule has 0 N–H and O–H groups in total. The number of piperidine rings is 1. The number of nitrogens with zero attached hydrogens (tertiary/aromatic N) is 1. The SMILES string of the molecule is CCOC1CCN(CCCCCCCCCS)CC1. The summed E-state index contributed by atoms with van der Waals surface area (Å²) in [6, 6.07) is 0. The van der Waals surface area contributed by atoms with Gasteiger partial charge in [-0.15, -0.1) is 0 Å². The van der Waals surface area contributed by atoms with E-state index >= 15 is 0 Å². The molecule has 2 nitrogen and oxygen atoms in total. The van der Waals surface area contributed by atoms with E-state index in [0.29, 0.717) is 6.10 Å². The minimum absolute atomic E-state index is 0.535. The van der Waals surface area contributed by atoms with Crippen molar-refractivity contribution in [2.75, 3.05) is 32.0 Å². The third-order valence-electron chi connectivity index (χ3n) is 4.07. The van der Waals surface area contributed by atoms with Crippen LogP contribution >= 0.6 is 12.6 Å². The number of hydrogen-bond acceptors (Lipinski definition) is 3. The van der Waals surface area contributed by atoms with Gasteiger partial charge in [0.2, 0.25) is 0 Å². The van der Waals surface area contributed by atoms with Crippen LogP contribution < -0.4 is 0 Å².